The molecule has 33 heavy (non-hydrogen) atoms. The molecule has 0 unspecified atom stereocenters. The zero-order valence-electron chi connectivity index (χ0n) is 17.4. The van der Waals surface area contributed by atoms with Crippen LogP contribution >= 0.6 is 11.6 Å². The monoisotopic (exact) mass is 486 g/mol. The number of nitrogens with two attached hydrogens (primary N) is 1. The first-order valence-electron chi connectivity index (χ1n) is 10.4. The molecule has 0 spiro atoms. The molecule has 2 aromatic carbocycles. The Balaban J connectivity index is 1.55. The number of nitrogens with zero attached hydrogens (tertiary/aromatic N) is 4. The van der Waals surface area contributed by atoms with E-state index in [9.17, 15) is 8.42 Å². The molecule has 8 nitrogen and oxygen atoms in total. The molecule has 2 aromatic heterocycles. The number of anilines is 2. The van der Waals surface area contributed by atoms with Crippen molar-refractivity contribution in [3.05, 3.63) is 59.6 Å². The van der Waals surface area contributed by atoms with Crippen molar-refractivity contribution in [2.45, 2.75) is 36.6 Å². The summed E-state index contributed by atoms with van der Waals surface area (Å²) in [5.41, 5.74) is 7.43. The lowest BCUT2D eigenvalue weighted by atomic mass is 10.1. The van der Waals surface area contributed by atoms with Gasteiger partial charge in [-0.1, -0.05) is 42.6 Å². The summed E-state index contributed by atoms with van der Waals surface area (Å²) in [6, 6.07) is 10.3. The molecule has 0 aliphatic heterocycles. The van der Waals surface area contributed by atoms with Crippen LogP contribution in [0.15, 0.2) is 53.7 Å². The van der Waals surface area contributed by atoms with E-state index in [1.807, 2.05) is 4.68 Å². The highest BCUT2D eigenvalue weighted by atomic mass is 35.5. The van der Waals surface area contributed by atoms with Gasteiger partial charge in [0.25, 0.3) is 10.0 Å². The predicted octanol–water partition coefficient (Wildman–Crippen LogP) is 4.78. The Morgan fingerprint density at radius 1 is 1.12 bits per heavy atom. The quantitative estimate of drug-likeness (QED) is 0.419. The Hall–Kier alpha value is -3.24. The van der Waals surface area contributed by atoms with Crippen LogP contribution in [0.4, 0.5) is 15.9 Å². The third-order valence-corrected chi connectivity index (χ3v) is 7.67. The molecule has 3 N–H and O–H groups in total. The number of nitrogens with one attached hydrogen (secondary N) is 1. The first-order valence-corrected chi connectivity index (χ1v) is 12.3. The van der Waals surface area contributed by atoms with E-state index < -0.39 is 15.8 Å². The molecule has 2 heterocycles. The number of hydrogen-bond acceptors (Lipinski definition) is 6. The molecule has 0 saturated heterocycles. The summed E-state index contributed by atoms with van der Waals surface area (Å²) in [5.74, 6) is -0.509. The van der Waals surface area contributed by atoms with Gasteiger partial charge in [-0.15, -0.1) is 0 Å². The van der Waals surface area contributed by atoms with Gasteiger partial charge in [-0.3, -0.25) is 4.72 Å². The van der Waals surface area contributed by atoms with Crippen LogP contribution in [-0.4, -0.2) is 28.2 Å². The van der Waals surface area contributed by atoms with Crippen molar-refractivity contribution < 1.29 is 12.8 Å². The second-order valence-electron chi connectivity index (χ2n) is 7.92. The number of fused-ring (bicyclic) bond motifs is 1. The minimum absolute atomic E-state index is 0.0430. The number of hydrogen-bond donors (Lipinski definition) is 2. The van der Waals surface area contributed by atoms with Gasteiger partial charge in [0.05, 0.1) is 22.1 Å². The Labute approximate surface area is 194 Å². The first kappa shape index (κ1) is 21.6. The van der Waals surface area contributed by atoms with Crippen molar-refractivity contribution in [3.8, 4) is 11.3 Å². The lowest BCUT2D eigenvalue weighted by Gasteiger charge is -2.11. The minimum atomic E-state index is -4.07. The molecule has 1 saturated carbocycles. The summed E-state index contributed by atoms with van der Waals surface area (Å²) < 4.78 is 44.5. The van der Waals surface area contributed by atoms with Crippen LogP contribution in [0.2, 0.25) is 5.02 Å². The fourth-order valence-electron chi connectivity index (χ4n) is 4.21. The summed E-state index contributed by atoms with van der Waals surface area (Å²) in [5, 5.41) is 5.31. The Morgan fingerprint density at radius 3 is 2.61 bits per heavy atom. The largest absolute Gasteiger partial charge is 0.383 e. The molecule has 0 amide bonds. The van der Waals surface area contributed by atoms with Crippen LogP contribution in [0.1, 0.15) is 31.7 Å². The maximum atomic E-state index is 15.0. The second kappa shape index (κ2) is 8.27. The van der Waals surface area contributed by atoms with Crippen LogP contribution in [-0.2, 0) is 10.0 Å². The van der Waals surface area contributed by atoms with E-state index in [-0.39, 0.29) is 27.5 Å². The van der Waals surface area contributed by atoms with Gasteiger partial charge in [-0.05, 0) is 37.1 Å². The van der Waals surface area contributed by atoms with Crippen molar-refractivity contribution in [1.82, 2.24) is 19.7 Å². The summed E-state index contributed by atoms with van der Waals surface area (Å²) in [4.78, 5) is 8.32. The second-order valence-corrected chi connectivity index (χ2v) is 9.98. The maximum absolute atomic E-state index is 15.0. The van der Waals surface area contributed by atoms with E-state index in [1.165, 1.54) is 36.7 Å². The van der Waals surface area contributed by atoms with Crippen LogP contribution in [0, 0.1) is 5.82 Å². The molecule has 170 valence electrons. The molecule has 1 aliphatic carbocycles. The first-order chi connectivity index (χ1) is 15.8. The number of benzene rings is 2. The minimum Gasteiger partial charge on any atom is -0.383 e. The van der Waals surface area contributed by atoms with Crippen molar-refractivity contribution in [2.75, 3.05) is 10.5 Å². The smallest absolute Gasteiger partial charge is 0.263 e. The van der Waals surface area contributed by atoms with Gasteiger partial charge in [0.15, 0.2) is 5.65 Å². The molecule has 4 aromatic rings. The molecule has 0 atom stereocenters. The lowest BCUT2D eigenvalue weighted by molar-refractivity contribution is 0.479. The third-order valence-electron chi connectivity index (χ3n) is 5.80. The topological polar surface area (TPSA) is 116 Å². The summed E-state index contributed by atoms with van der Waals surface area (Å²) in [7, 11) is -4.07. The zero-order chi connectivity index (χ0) is 23.2. The molecular weight excluding hydrogens is 467 g/mol. The van der Waals surface area contributed by atoms with Crippen molar-refractivity contribution in [1.29, 1.82) is 0 Å². The predicted molar refractivity (Wildman–Crippen MR) is 125 cm³/mol. The molecular formula is C22H20ClFN6O2S. The molecule has 0 bridgehead atoms. The highest BCUT2D eigenvalue weighted by molar-refractivity contribution is 7.92. The van der Waals surface area contributed by atoms with Crippen LogP contribution in [0.5, 0.6) is 0 Å². The molecule has 11 heteroatoms. The number of halogens is 2. The summed E-state index contributed by atoms with van der Waals surface area (Å²) in [6.07, 6.45) is 5.57. The van der Waals surface area contributed by atoms with E-state index in [4.69, 9.17) is 22.4 Å². The van der Waals surface area contributed by atoms with E-state index in [0.29, 0.717) is 22.3 Å². The van der Waals surface area contributed by atoms with Crippen LogP contribution in [0.25, 0.3) is 22.3 Å². The van der Waals surface area contributed by atoms with Gasteiger partial charge in [0.1, 0.15) is 28.6 Å². The SMILES string of the molecule is Nc1ncnc2c1c(-c1ccc(NS(=O)(=O)c3ccccc3Cl)c(F)c1)nn2C1CCCC1. The molecule has 1 aliphatic rings. The van der Waals surface area contributed by atoms with E-state index in [2.05, 4.69) is 14.7 Å². The average Bonchev–Trinajstić information content (AvgIpc) is 3.44. The summed E-state index contributed by atoms with van der Waals surface area (Å²) in [6.45, 7) is 0. The Morgan fingerprint density at radius 2 is 1.88 bits per heavy atom. The lowest BCUT2D eigenvalue weighted by Crippen LogP contribution is -2.14. The molecule has 5 rings (SSSR count). The average molecular weight is 487 g/mol. The van der Waals surface area contributed by atoms with E-state index in [1.54, 1.807) is 12.1 Å². The highest BCUT2D eigenvalue weighted by Gasteiger charge is 2.25. The number of aromatic nitrogens is 4. The van der Waals surface area contributed by atoms with Crippen molar-refractivity contribution in [2.24, 2.45) is 0 Å². The van der Waals surface area contributed by atoms with Crippen molar-refractivity contribution in [3.63, 3.8) is 0 Å². The van der Waals surface area contributed by atoms with Gasteiger partial charge < -0.3 is 5.73 Å². The maximum Gasteiger partial charge on any atom is 0.263 e. The number of sulfonamides is 1. The Kier molecular flexibility index (Phi) is 5.41. The number of rotatable bonds is 5. The van der Waals surface area contributed by atoms with Crippen LogP contribution in [0.3, 0.4) is 0 Å². The summed E-state index contributed by atoms with van der Waals surface area (Å²) >= 11 is 6.00. The van der Waals surface area contributed by atoms with E-state index >= 15 is 4.39 Å². The normalized spacial score (nSPS) is 14.7. The fraction of sp³-hybridized carbons (Fsp3) is 0.227. The Bertz CT molecular complexity index is 1470. The van der Waals surface area contributed by atoms with Gasteiger partial charge in [0, 0.05) is 5.56 Å². The highest BCUT2D eigenvalue weighted by Crippen LogP contribution is 2.37. The zero-order valence-corrected chi connectivity index (χ0v) is 18.9. The third kappa shape index (κ3) is 3.89. The fourth-order valence-corrected chi connectivity index (χ4v) is 5.80. The molecule has 0 radical (unpaired) electrons. The van der Waals surface area contributed by atoms with Gasteiger partial charge in [-0.2, -0.15) is 5.10 Å². The molecule has 1 fully saturated rings. The van der Waals surface area contributed by atoms with Gasteiger partial charge in [0.2, 0.25) is 0 Å². The standard InChI is InChI=1S/C22H20ClFN6O2S/c23-15-7-3-4-8-18(15)33(31,32)29-17-10-9-13(11-16(17)24)20-19-21(25)26-12-27-22(19)30(28-20)14-5-1-2-6-14/h3-4,7-12,14,29H,1-2,5-6H2,(H2,25,26,27). The van der Waals surface area contributed by atoms with Gasteiger partial charge in [-0.25, -0.2) is 27.5 Å². The van der Waals surface area contributed by atoms with E-state index in [0.717, 1.165) is 25.7 Å². The van der Waals surface area contributed by atoms with Crippen molar-refractivity contribution >= 4 is 44.2 Å². The van der Waals surface area contributed by atoms with Crippen LogP contribution < -0.4 is 10.5 Å². The van der Waals surface area contributed by atoms with Gasteiger partial charge >= 0.3 is 0 Å². The number of nitrogen functional groups attached to an aromatic ring is 1.